The average molecular weight is 469 g/mol. The molecule has 0 N–H and O–H groups in total. The maximum absolute atomic E-state index is 4.85. The molecule has 0 aromatic carbocycles. The number of hydrogen-bond donors (Lipinski definition) is 0. The van der Waals surface area contributed by atoms with Gasteiger partial charge in [0.1, 0.15) is 0 Å². The lowest BCUT2D eigenvalue weighted by atomic mass is 9.41. The van der Waals surface area contributed by atoms with Crippen LogP contribution in [0.5, 0.6) is 0 Å². The molecule has 4 aliphatic rings. The molecule has 26 heavy (non-hydrogen) atoms. The van der Waals surface area contributed by atoms with Crippen molar-refractivity contribution in [3.8, 4) is 0 Å². The van der Waals surface area contributed by atoms with Gasteiger partial charge in [0.05, 0.1) is 0 Å². The van der Waals surface area contributed by atoms with E-state index < -0.39 is 0 Å². The second-order valence-corrected chi connectivity index (χ2v) is 11.9. The summed E-state index contributed by atoms with van der Waals surface area (Å²) in [5.41, 5.74) is 2.95. The number of halogens is 1. The van der Waals surface area contributed by atoms with E-state index in [4.69, 9.17) is 6.58 Å². The van der Waals surface area contributed by atoms with Gasteiger partial charge in [-0.05, 0) is 109 Å². The summed E-state index contributed by atoms with van der Waals surface area (Å²) in [6.45, 7) is 12.7. The minimum absolute atomic E-state index is 0.617. The average Bonchev–Trinajstić information content (AvgIpc) is 2.97. The maximum Gasteiger partial charge on any atom is -0.000462 e. The van der Waals surface area contributed by atoms with Crippen molar-refractivity contribution in [3.05, 3.63) is 12.2 Å². The van der Waals surface area contributed by atoms with Crippen LogP contribution in [0, 0.1) is 46.3 Å². The summed E-state index contributed by atoms with van der Waals surface area (Å²) in [5, 5.41) is 0. The third kappa shape index (κ3) is 2.79. The molecule has 1 heteroatoms. The second kappa shape index (κ2) is 7.38. The van der Waals surface area contributed by atoms with E-state index in [9.17, 15) is 0 Å². The molecule has 0 spiro atoms. The van der Waals surface area contributed by atoms with Gasteiger partial charge in [-0.3, -0.25) is 0 Å². The van der Waals surface area contributed by atoms with Gasteiger partial charge in [-0.25, -0.2) is 0 Å². The molecule has 4 aliphatic carbocycles. The van der Waals surface area contributed by atoms with Crippen molar-refractivity contribution in [2.45, 2.75) is 91.4 Å². The highest BCUT2D eigenvalue weighted by molar-refractivity contribution is 14.1. The number of rotatable bonds is 4. The molecule has 0 heterocycles. The van der Waals surface area contributed by atoms with Crippen molar-refractivity contribution >= 4 is 22.6 Å². The summed E-state index contributed by atoms with van der Waals surface area (Å²) in [6.07, 6.45) is 16.2. The monoisotopic (exact) mass is 468 g/mol. The predicted molar refractivity (Wildman–Crippen MR) is 122 cm³/mol. The summed E-state index contributed by atoms with van der Waals surface area (Å²) in [6, 6.07) is 0. The summed E-state index contributed by atoms with van der Waals surface area (Å²) >= 11 is 2.58. The van der Waals surface area contributed by atoms with Crippen molar-refractivity contribution in [2.75, 3.05) is 4.43 Å². The fraction of sp³-hybridized carbons (Fsp3) is 0.920. The quantitative estimate of drug-likeness (QED) is 0.222. The van der Waals surface area contributed by atoms with E-state index in [0.29, 0.717) is 10.8 Å². The Kier molecular flexibility index (Phi) is 5.61. The highest BCUT2D eigenvalue weighted by atomic mass is 127. The molecule has 0 aromatic heterocycles. The van der Waals surface area contributed by atoms with E-state index in [0.717, 1.165) is 35.5 Å². The van der Waals surface area contributed by atoms with E-state index in [1.165, 1.54) is 75.1 Å². The van der Waals surface area contributed by atoms with Gasteiger partial charge < -0.3 is 0 Å². The van der Waals surface area contributed by atoms with E-state index in [1.54, 1.807) is 5.57 Å². The minimum atomic E-state index is 0.617. The van der Waals surface area contributed by atoms with Gasteiger partial charge >= 0.3 is 0 Å². The Balaban J connectivity index is 1.66. The first-order valence-corrected chi connectivity index (χ1v) is 13.2. The lowest BCUT2D eigenvalue weighted by molar-refractivity contribution is -0.105. The number of allylic oxidation sites excluding steroid dienone is 1. The van der Waals surface area contributed by atoms with Crippen LogP contribution in [-0.2, 0) is 0 Å². The highest BCUT2D eigenvalue weighted by Crippen LogP contribution is 2.70. The Morgan fingerprint density at radius 3 is 2.46 bits per heavy atom. The number of fused-ring (bicyclic) bond motifs is 5. The Morgan fingerprint density at radius 1 is 0.962 bits per heavy atom. The van der Waals surface area contributed by atoms with Crippen LogP contribution in [0.15, 0.2) is 12.2 Å². The van der Waals surface area contributed by atoms with Crippen molar-refractivity contribution in [1.29, 1.82) is 0 Å². The van der Waals surface area contributed by atoms with Gasteiger partial charge in [-0.1, -0.05) is 68.4 Å². The summed E-state index contributed by atoms with van der Waals surface area (Å²) in [7, 11) is 0. The zero-order valence-electron chi connectivity index (χ0n) is 17.5. The first kappa shape index (κ1) is 19.8. The van der Waals surface area contributed by atoms with Crippen LogP contribution in [0.4, 0.5) is 0 Å². The Morgan fingerprint density at radius 2 is 1.73 bits per heavy atom. The van der Waals surface area contributed by atoms with Gasteiger partial charge in [0.15, 0.2) is 0 Å². The normalized spacial score (nSPS) is 50.8. The van der Waals surface area contributed by atoms with Gasteiger partial charge in [0.25, 0.3) is 0 Å². The summed E-state index contributed by atoms with van der Waals surface area (Å²) in [5.74, 6) is 5.50. The van der Waals surface area contributed by atoms with E-state index in [2.05, 4.69) is 43.4 Å². The Hall–Kier alpha value is 0.470. The van der Waals surface area contributed by atoms with Crippen LogP contribution in [0.2, 0.25) is 0 Å². The largest absolute Gasteiger partial charge is 0.0993 e. The fourth-order valence-electron chi connectivity index (χ4n) is 8.86. The molecule has 4 fully saturated rings. The molecule has 0 nitrogen and oxygen atoms in total. The van der Waals surface area contributed by atoms with Crippen molar-refractivity contribution in [2.24, 2.45) is 46.3 Å². The van der Waals surface area contributed by atoms with Crippen LogP contribution in [-0.4, -0.2) is 4.43 Å². The number of alkyl halides is 1. The molecular formula is C25H41I. The third-order valence-corrected chi connectivity index (χ3v) is 10.9. The Bertz CT molecular complexity index is 538. The maximum atomic E-state index is 4.85. The zero-order chi connectivity index (χ0) is 18.5. The van der Waals surface area contributed by atoms with Crippen LogP contribution < -0.4 is 0 Å². The molecular weight excluding hydrogens is 427 g/mol. The number of hydrogen-bond acceptors (Lipinski definition) is 0. The highest BCUT2D eigenvalue weighted by Gasteiger charge is 2.62. The molecule has 0 saturated heterocycles. The van der Waals surface area contributed by atoms with Crippen molar-refractivity contribution in [1.82, 2.24) is 0 Å². The molecule has 0 amide bonds. The SMILES string of the molecule is C=C1C2C3CCC(CCCI)[C@@]3(C)CCC2[C@@]2(C)CCCCC2[C@H]1CC. The van der Waals surface area contributed by atoms with E-state index in [-0.39, 0.29) is 0 Å². The first-order valence-electron chi connectivity index (χ1n) is 11.7. The van der Waals surface area contributed by atoms with Crippen LogP contribution in [0.25, 0.3) is 0 Å². The fourth-order valence-corrected chi connectivity index (χ4v) is 9.30. The van der Waals surface area contributed by atoms with Crippen LogP contribution in [0.3, 0.4) is 0 Å². The third-order valence-electron chi connectivity index (χ3n) is 10.2. The standard InChI is InChI=1S/C25H41I/c1-5-19-17(2)23-21-12-11-18(9-8-16-26)24(21,3)15-13-22(23)25(4)14-7-6-10-20(19)25/h18-23H,2,5-16H2,1,3-4H3/t18?,19-,20?,21?,22?,23?,24+,25-/m0/s1. The van der Waals surface area contributed by atoms with E-state index in [1.807, 2.05) is 0 Å². The molecule has 5 unspecified atom stereocenters. The topological polar surface area (TPSA) is 0 Å². The molecule has 148 valence electrons. The van der Waals surface area contributed by atoms with E-state index >= 15 is 0 Å². The van der Waals surface area contributed by atoms with Crippen molar-refractivity contribution < 1.29 is 0 Å². The first-order chi connectivity index (χ1) is 12.5. The lowest BCUT2D eigenvalue weighted by Gasteiger charge is -2.63. The van der Waals surface area contributed by atoms with Gasteiger partial charge in [0, 0.05) is 0 Å². The second-order valence-electron chi connectivity index (χ2n) is 10.8. The summed E-state index contributed by atoms with van der Waals surface area (Å²) < 4.78 is 1.34. The lowest BCUT2D eigenvalue weighted by Crippen LogP contribution is -2.56. The molecule has 0 aromatic rings. The Labute approximate surface area is 176 Å². The van der Waals surface area contributed by atoms with Gasteiger partial charge in [-0.2, -0.15) is 0 Å². The predicted octanol–water partition coefficient (Wildman–Crippen LogP) is 8.05. The van der Waals surface area contributed by atoms with Gasteiger partial charge in [-0.15, -0.1) is 0 Å². The minimum Gasteiger partial charge on any atom is -0.0993 e. The van der Waals surface area contributed by atoms with Crippen LogP contribution >= 0.6 is 22.6 Å². The molecule has 8 atom stereocenters. The van der Waals surface area contributed by atoms with Crippen molar-refractivity contribution in [3.63, 3.8) is 0 Å². The molecule has 0 radical (unpaired) electrons. The molecule has 0 bridgehead atoms. The molecule has 0 aliphatic heterocycles. The zero-order valence-corrected chi connectivity index (χ0v) is 19.7. The smallest absolute Gasteiger partial charge is 0.000462 e. The van der Waals surface area contributed by atoms with Gasteiger partial charge in [0.2, 0.25) is 0 Å². The molecule has 4 saturated carbocycles. The van der Waals surface area contributed by atoms with Crippen LogP contribution in [0.1, 0.15) is 91.4 Å². The summed E-state index contributed by atoms with van der Waals surface area (Å²) in [4.78, 5) is 0. The molecule has 4 rings (SSSR count).